The standard InChI is InChI=1S/C7H14O2/c1-5-4-6(2)9-7(3)8-5/h5-7H,4H2,1-3H3. The molecule has 0 radical (unpaired) electrons. The van der Waals surface area contributed by atoms with Crippen molar-refractivity contribution in [1.82, 2.24) is 0 Å². The first-order chi connectivity index (χ1) is 4.18. The molecule has 1 saturated heterocycles. The second-order valence-corrected chi connectivity index (χ2v) is 2.70. The smallest absolute Gasteiger partial charge is 0.155 e. The number of hydrogen-bond acceptors (Lipinski definition) is 2. The van der Waals surface area contributed by atoms with E-state index in [1.54, 1.807) is 0 Å². The predicted octanol–water partition coefficient (Wildman–Crippen LogP) is 1.55. The maximum atomic E-state index is 5.33. The molecule has 2 atom stereocenters. The van der Waals surface area contributed by atoms with Crippen LogP contribution >= 0.6 is 0 Å². The Bertz CT molecular complexity index is 67.9. The molecule has 2 heteroatoms. The van der Waals surface area contributed by atoms with Gasteiger partial charge in [-0.05, 0) is 27.2 Å². The molecule has 1 aliphatic rings. The molecule has 0 N–H and O–H groups in total. The maximum absolute atomic E-state index is 5.33. The Kier molecular flexibility index (Phi) is 2.09. The van der Waals surface area contributed by atoms with Gasteiger partial charge < -0.3 is 9.47 Å². The average Bonchev–Trinajstić information content (AvgIpc) is 1.59. The zero-order chi connectivity index (χ0) is 6.85. The molecule has 1 fully saturated rings. The molecule has 0 aromatic carbocycles. The SMILES string of the molecule is CC1CC(C)OC(C)O1. The molecular weight excluding hydrogens is 116 g/mol. The van der Waals surface area contributed by atoms with Crippen molar-refractivity contribution in [3.8, 4) is 0 Å². The Morgan fingerprint density at radius 2 is 1.44 bits per heavy atom. The van der Waals surface area contributed by atoms with Crippen molar-refractivity contribution in [2.24, 2.45) is 0 Å². The summed E-state index contributed by atoms with van der Waals surface area (Å²) in [5, 5.41) is 0. The molecule has 0 saturated carbocycles. The molecule has 1 rings (SSSR count). The summed E-state index contributed by atoms with van der Waals surface area (Å²) >= 11 is 0. The number of hydrogen-bond donors (Lipinski definition) is 0. The first-order valence-electron chi connectivity index (χ1n) is 3.49. The van der Waals surface area contributed by atoms with Crippen molar-refractivity contribution in [2.75, 3.05) is 0 Å². The summed E-state index contributed by atoms with van der Waals surface area (Å²) in [4.78, 5) is 0. The molecule has 0 aromatic rings. The molecule has 1 heterocycles. The first kappa shape index (κ1) is 7.03. The lowest BCUT2D eigenvalue weighted by Gasteiger charge is -2.30. The molecule has 54 valence electrons. The highest BCUT2D eigenvalue weighted by Gasteiger charge is 2.20. The van der Waals surface area contributed by atoms with Crippen molar-refractivity contribution in [3.05, 3.63) is 0 Å². The minimum Gasteiger partial charge on any atom is -0.350 e. The van der Waals surface area contributed by atoms with Crippen LogP contribution in [0.15, 0.2) is 0 Å². The fourth-order valence-electron chi connectivity index (χ4n) is 1.26. The molecule has 0 bridgehead atoms. The molecule has 0 aliphatic carbocycles. The summed E-state index contributed by atoms with van der Waals surface area (Å²) in [6, 6.07) is 0. The van der Waals surface area contributed by atoms with Crippen LogP contribution < -0.4 is 0 Å². The normalized spacial score (nSPS) is 45.0. The van der Waals surface area contributed by atoms with Gasteiger partial charge in [-0.15, -0.1) is 0 Å². The first-order valence-corrected chi connectivity index (χ1v) is 3.49. The van der Waals surface area contributed by atoms with E-state index in [0.29, 0.717) is 12.2 Å². The summed E-state index contributed by atoms with van der Waals surface area (Å²) in [6.07, 6.45) is 1.74. The van der Waals surface area contributed by atoms with Gasteiger partial charge in [-0.1, -0.05) is 0 Å². The summed E-state index contributed by atoms with van der Waals surface area (Å²) in [5.41, 5.74) is 0. The van der Waals surface area contributed by atoms with Crippen LogP contribution in [0.2, 0.25) is 0 Å². The number of rotatable bonds is 0. The molecule has 1 aliphatic heterocycles. The number of ether oxygens (including phenoxy) is 2. The third kappa shape index (κ3) is 1.95. The lowest BCUT2D eigenvalue weighted by molar-refractivity contribution is -0.224. The Labute approximate surface area is 56.2 Å². The van der Waals surface area contributed by atoms with Crippen molar-refractivity contribution in [3.63, 3.8) is 0 Å². The fourth-order valence-corrected chi connectivity index (χ4v) is 1.26. The van der Waals surface area contributed by atoms with Crippen LogP contribution in [0.5, 0.6) is 0 Å². The van der Waals surface area contributed by atoms with Gasteiger partial charge in [0.2, 0.25) is 0 Å². The van der Waals surface area contributed by atoms with E-state index in [1.807, 2.05) is 6.92 Å². The van der Waals surface area contributed by atoms with Gasteiger partial charge in [0.15, 0.2) is 6.29 Å². The highest BCUT2D eigenvalue weighted by molar-refractivity contribution is 4.62. The summed E-state index contributed by atoms with van der Waals surface area (Å²) in [7, 11) is 0. The zero-order valence-electron chi connectivity index (χ0n) is 6.26. The van der Waals surface area contributed by atoms with Gasteiger partial charge in [0.05, 0.1) is 12.2 Å². The predicted molar refractivity (Wildman–Crippen MR) is 35.2 cm³/mol. The summed E-state index contributed by atoms with van der Waals surface area (Å²) < 4.78 is 10.7. The average molecular weight is 130 g/mol. The quantitative estimate of drug-likeness (QED) is 0.495. The lowest BCUT2D eigenvalue weighted by atomic mass is 10.2. The fraction of sp³-hybridized carbons (Fsp3) is 1.00. The van der Waals surface area contributed by atoms with Crippen LogP contribution in [0, 0.1) is 0 Å². The van der Waals surface area contributed by atoms with Crippen molar-refractivity contribution < 1.29 is 9.47 Å². The molecule has 2 unspecified atom stereocenters. The monoisotopic (exact) mass is 130 g/mol. The van der Waals surface area contributed by atoms with Gasteiger partial charge in [0.25, 0.3) is 0 Å². The Balaban J connectivity index is 2.34. The summed E-state index contributed by atoms with van der Waals surface area (Å²) in [5.74, 6) is 0. The van der Waals surface area contributed by atoms with Gasteiger partial charge in [-0.3, -0.25) is 0 Å². The molecule has 2 nitrogen and oxygen atoms in total. The Hall–Kier alpha value is -0.0800. The zero-order valence-corrected chi connectivity index (χ0v) is 6.26. The second-order valence-electron chi connectivity index (χ2n) is 2.70. The third-order valence-electron chi connectivity index (χ3n) is 1.51. The second kappa shape index (κ2) is 2.67. The van der Waals surface area contributed by atoms with Gasteiger partial charge in [-0.25, -0.2) is 0 Å². The molecule has 0 aromatic heterocycles. The van der Waals surface area contributed by atoms with Crippen LogP contribution in [0.1, 0.15) is 27.2 Å². The molecular formula is C7H14O2. The molecule has 0 amide bonds. The van der Waals surface area contributed by atoms with Gasteiger partial charge in [-0.2, -0.15) is 0 Å². The lowest BCUT2D eigenvalue weighted by Crippen LogP contribution is -2.33. The van der Waals surface area contributed by atoms with E-state index in [1.165, 1.54) is 0 Å². The van der Waals surface area contributed by atoms with Crippen molar-refractivity contribution in [1.29, 1.82) is 0 Å². The van der Waals surface area contributed by atoms with Gasteiger partial charge in [0, 0.05) is 0 Å². The topological polar surface area (TPSA) is 18.5 Å². The highest BCUT2D eigenvalue weighted by atomic mass is 16.7. The third-order valence-corrected chi connectivity index (χ3v) is 1.51. The maximum Gasteiger partial charge on any atom is 0.155 e. The van der Waals surface area contributed by atoms with Crippen LogP contribution in [0.25, 0.3) is 0 Å². The van der Waals surface area contributed by atoms with E-state index in [-0.39, 0.29) is 6.29 Å². The van der Waals surface area contributed by atoms with E-state index in [9.17, 15) is 0 Å². The van der Waals surface area contributed by atoms with E-state index in [2.05, 4.69) is 13.8 Å². The van der Waals surface area contributed by atoms with Crippen LogP contribution in [0.4, 0.5) is 0 Å². The van der Waals surface area contributed by atoms with Gasteiger partial charge in [0.1, 0.15) is 0 Å². The van der Waals surface area contributed by atoms with E-state index in [4.69, 9.17) is 9.47 Å². The van der Waals surface area contributed by atoms with Crippen molar-refractivity contribution >= 4 is 0 Å². The van der Waals surface area contributed by atoms with Crippen LogP contribution in [0.3, 0.4) is 0 Å². The highest BCUT2D eigenvalue weighted by Crippen LogP contribution is 2.16. The summed E-state index contributed by atoms with van der Waals surface area (Å²) in [6.45, 7) is 6.09. The molecule has 0 spiro atoms. The van der Waals surface area contributed by atoms with E-state index in [0.717, 1.165) is 6.42 Å². The minimum absolute atomic E-state index is 0.0104. The van der Waals surface area contributed by atoms with E-state index < -0.39 is 0 Å². The largest absolute Gasteiger partial charge is 0.350 e. The minimum atomic E-state index is -0.0104. The Morgan fingerprint density at radius 3 is 1.78 bits per heavy atom. The van der Waals surface area contributed by atoms with Crippen LogP contribution in [-0.2, 0) is 9.47 Å². The van der Waals surface area contributed by atoms with Gasteiger partial charge >= 0.3 is 0 Å². The van der Waals surface area contributed by atoms with Crippen LogP contribution in [-0.4, -0.2) is 18.5 Å². The Morgan fingerprint density at radius 1 is 1.00 bits per heavy atom. The van der Waals surface area contributed by atoms with Crippen molar-refractivity contribution in [2.45, 2.75) is 45.7 Å². The van der Waals surface area contributed by atoms with E-state index >= 15 is 0 Å². The molecule has 9 heavy (non-hydrogen) atoms.